The normalized spacial score (nSPS) is 22.5. The molecule has 0 aliphatic carbocycles. The van der Waals surface area contributed by atoms with Crippen LogP contribution in [-0.4, -0.2) is 67.1 Å². The Morgan fingerprint density at radius 3 is 2.67 bits per heavy atom. The minimum Gasteiger partial charge on any atom is -0.354 e. The van der Waals surface area contributed by atoms with Gasteiger partial charge in [-0.15, -0.1) is 0 Å². The second kappa shape index (κ2) is 11.4. The van der Waals surface area contributed by atoms with Gasteiger partial charge in [-0.3, -0.25) is 9.69 Å². The maximum absolute atomic E-state index is 13.9. The molecule has 2 fully saturated rings. The van der Waals surface area contributed by atoms with Crippen LogP contribution in [0, 0.1) is 5.82 Å². The molecule has 2 heterocycles. The Kier molecular flexibility index (Phi) is 8.36. The van der Waals surface area contributed by atoms with Gasteiger partial charge in [0.15, 0.2) is 0 Å². The van der Waals surface area contributed by atoms with Crippen LogP contribution in [0.5, 0.6) is 0 Å². The number of benzene rings is 2. The summed E-state index contributed by atoms with van der Waals surface area (Å²) >= 11 is 6.19. The van der Waals surface area contributed by atoms with Crippen LogP contribution in [0.1, 0.15) is 30.4 Å². The lowest BCUT2D eigenvalue weighted by molar-refractivity contribution is -0.125. The van der Waals surface area contributed by atoms with Gasteiger partial charge in [0.25, 0.3) is 0 Å². The van der Waals surface area contributed by atoms with Crippen LogP contribution in [0.25, 0.3) is 0 Å². The first-order valence-electron chi connectivity index (χ1n) is 11.9. The number of amides is 1. The van der Waals surface area contributed by atoms with Gasteiger partial charge in [-0.25, -0.2) is 4.39 Å². The van der Waals surface area contributed by atoms with E-state index in [-0.39, 0.29) is 23.8 Å². The number of hydrogen-bond acceptors (Lipinski definition) is 4. The SMILES string of the molecule is CN1CCC(N[C@H]2C[C@@H](C(=O)NCCc3ccccc3F)N(Cc3cccc(Cl)c3)C2)CC1. The zero-order valence-electron chi connectivity index (χ0n) is 19.3. The lowest BCUT2D eigenvalue weighted by Gasteiger charge is -2.31. The van der Waals surface area contributed by atoms with Crippen LogP contribution < -0.4 is 10.6 Å². The maximum Gasteiger partial charge on any atom is 0.237 e. The summed E-state index contributed by atoms with van der Waals surface area (Å²) in [6, 6.07) is 15.1. The highest BCUT2D eigenvalue weighted by atomic mass is 35.5. The molecule has 1 amide bonds. The van der Waals surface area contributed by atoms with Crippen LogP contribution in [0.4, 0.5) is 4.39 Å². The molecule has 0 radical (unpaired) electrons. The molecule has 5 nitrogen and oxygen atoms in total. The summed E-state index contributed by atoms with van der Waals surface area (Å²) in [6.45, 7) is 4.14. The third-order valence-corrected chi connectivity index (χ3v) is 7.06. The Morgan fingerprint density at radius 1 is 1.12 bits per heavy atom. The minimum atomic E-state index is -0.224. The zero-order valence-corrected chi connectivity index (χ0v) is 20.0. The summed E-state index contributed by atoms with van der Waals surface area (Å²) < 4.78 is 13.9. The number of carbonyl (C=O) groups excluding carboxylic acids is 1. The number of carbonyl (C=O) groups is 1. The molecule has 178 valence electrons. The minimum absolute atomic E-state index is 0.0149. The highest BCUT2D eigenvalue weighted by Gasteiger charge is 2.37. The van der Waals surface area contributed by atoms with E-state index in [0.29, 0.717) is 36.1 Å². The van der Waals surface area contributed by atoms with Gasteiger partial charge < -0.3 is 15.5 Å². The van der Waals surface area contributed by atoms with Gasteiger partial charge in [0, 0.05) is 36.7 Å². The summed E-state index contributed by atoms with van der Waals surface area (Å²) in [4.78, 5) is 17.8. The molecular weight excluding hydrogens is 439 g/mol. The van der Waals surface area contributed by atoms with E-state index in [0.717, 1.165) is 44.5 Å². The van der Waals surface area contributed by atoms with Crippen molar-refractivity contribution in [2.24, 2.45) is 0 Å². The summed E-state index contributed by atoms with van der Waals surface area (Å²) in [5, 5.41) is 7.57. The van der Waals surface area contributed by atoms with E-state index in [2.05, 4.69) is 33.5 Å². The summed E-state index contributed by atoms with van der Waals surface area (Å²) in [7, 11) is 2.17. The molecule has 0 aromatic heterocycles. The molecule has 0 saturated carbocycles. The number of nitrogens with zero attached hydrogens (tertiary/aromatic N) is 2. The Balaban J connectivity index is 1.38. The first kappa shape index (κ1) is 24.1. The van der Waals surface area contributed by atoms with Crippen LogP contribution >= 0.6 is 11.6 Å². The van der Waals surface area contributed by atoms with E-state index in [1.54, 1.807) is 12.1 Å². The molecule has 2 aromatic rings. The number of rotatable bonds is 8. The quantitative estimate of drug-likeness (QED) is 0.617. The van der Waals surface area contributed by atoms with Crippen molar-refractivity contribution in [1.29, 1.82) is 0 Å². The Hall–Kier alpha value is -1.99. The van der Waals surface area contributed by atoms with E-state index in [4.69, 9.17) is 11.6 Å². The first-order valence-corrected chi connectivity index (χ1v) is 12.3. The molecule has 0 spiro atoms. The molecule has 33 heavy (non-hydrogen) atoms. The molecule has 7 heteroatoms. The average Bonchev–Trinajstić information content (AvgIpc) is 3.18. The average molecular weight is 473 g/mol. The van der Waals surface area contributed by atoms with Crippen LogP contribution in [0.2, 0.25) is 5.02 Å². The Labute approximate surface area is 201 Å². The number of piperidine rings is 1. The second-order valence-electron chi connectivity index (χ2n) is 9.38. The molecule has 0 bridgehead atoms. The van der Waals surface area contributed by atoms with Crippen molar-refractivity contribution in [3.63, 3.8) is 0 Å². The summed E-state index contributed by atoms with van der Waals surface area (Å²) in [6.07, 6.45) is 3.54. The molecule has 0 unspecified atom stereocenters. The van der Waals surface area contributed by atoms with Gasteiger partial charge >= 0.3 is 0 Å². The van der Waals surface area contributed by atoms with Crippen LogP contribution in [0.15, 0.2) is 48.5 Å². The Bertz CT molecular complexity index is 934. The molecule has 2 aliphatic heterocycles. The fourth-order valence-corrected chi connectivity index (χ4v) is 5.20. The molecule has 2 aromatic carbocycles. The van der Waals surface area contributed by atoms with E-state index in [1.165, 1.54) is 6.07 Å². The van der Waals surface area contributed by atoms with Crippen molar-refractivity contribution >= 4 is 17.5 Å². The highest BCUT2D eigenvalue weighted by molar-refractivity contribution is 6.30. The topological polar surface area (TPSA) is 47.6 Å². The van der Waals surface area contributed by atoms with Crippen molar-refractivity contribution < 1.29 is 9.18 Å². The molecule has 4 rings (SSSR count). The molecule has 2 N–H and O–H groups in total. The van der Waals surface area contributed by atoms with Gasteiger partial charge in [-0.1, -0.05) is 41.9 Å². The predicted octanol–water partition coefficient (Wildman–Crippen LogP) is 3.46. The third kappa shape index (κ3) is 6.76. The number of hydrogen-bond donors (Lipinski definition) is 2. The van der Waals surface area contributed by atoms with E-state index < -0.39 is 0 Å². The molecule has 2 saturated heterocycles. The zero-order chi connectivity index (χ0) is 23.2. The van der Waals surface area contributed by atoms with Crippen molar-refractivity contribution in [2.45, 2.75) is 50.4 Å². The highest BCUT2D eigenvalue weighted by Crippen LogP contribution is 2.24. The number of likely N-dealkylation sites (tertiary alicyclic amines) is 2. The maximum atomic E-state index is 13.9. The van der Waals surface area contributed by atoms with Gasteiger partial charge in [-0.2, -0.15) is 0 Å². The van der Waals surface area contributed by atoms with E-state index >= 15 is 0 Å². The van der Waals surface area contributed by atoms with Crippen molar-refractivity contribution in [3.05, 3.63) is 70.5 Å². The fourth-order valence-electron chi connectivity index (χ4n) is 4.99. The van der Waals surface area contributed by atoms with E-state index in [9.17, 15) is 9.18 Å². The number of halogens is 2. The van der Waals surface area contributed by atoms with Crippen LogP contribution in [-0.2, 0) is 17.8 Å². The largest absolute Gasteiger partial charge is 0.354 e. The van der Waals surface area contributed by atoms with Gasteiger partial charge in [0.1, 0.15) is 5.82 Å². The van der Waals surface area contributed by atoms with Crippen molar-refractivity contribution in [2.75, 3.05) is 33.2 Å². The summed E-state index contributed by atoms with van der Waals surface area (Å²) in [5.41, 5.74) is 1.73. The number of nitrogens with one attached hydrogen (secondary N) is 2. The van der Waals surface area contributed by atoms with E-state index in [1.807, 2.05) is 24.3 Å². The monoisotopic (exact) mass is 472 g/mol. The smallest absolute Gasteiger partial charge is 0.237 e. The third-order valence-electron chi connectivity index (χ3n) is 6.82. The van der Waals surface area contributed by atoms with Crippen LogP contribution in [0.3, 0.4) is 0 Å². The first-order chi connectivity index (χ1) is 16.0. The summed E-state index contributed by atoms with van der Waals surface area (Å²) in [5.74, 6) is -0.210. The molecular formula is C26H34ClFN4O. The lowest BCUT2D eigenvalue weighted by Crippen LogP contribution is -2.46. The Morgan fingerprint density at radius 2 is 1.91 bits per heavy atom. The predicted molar refractivity (Wildman–Crippen MR) is 131 cm³/mol. The van der Waals surface area contributed by atoms with Gasteiger partial charge in [0.2, 0.25) is 5.91 Å². The van der Waals surface area contributed by atoms with Gasteiger partial charge in [-0.05, 0) is 75.1 Å². The second-order valence-corrected chi connectivity index (χ2v) is 9.82. The van der Waals surface area contributed by atoms with Crippen molar-refractivity contribution in [1.82, 2.24) is 20.4 Å². The lowest BCUT2D eigenvalue weighted by atomic mass is 10.0. The molecule has 2 aliphatic rings. The standard InChI is InChI=1S/C26H34ClFN4O/c1-31-13-10-22(11-14-31)30-23-16-25(32(18-23)17-19-5-4-7-21(27)15-19)26(33)29-12-9-20-6-2-3-8-24(20)28/h2-8,15,22-23,25,30H,9-14,16-18H2,1H3,(H,29,33)/t23-,25-/m0/s1. The fraction of sp³-hybridized carbons (Fsp3) is 0.500. The van der Waals surface area contributed by atoms with Crippen molar-refractivity contribution in [3.8, 4) is 0 Å². The van der Waals surface area contributed by atoms with Gasteiger partial charge in [0.05, 0.1) is 6.04 Å². The molecule has 2 atom stereocenters.